The van der Waals surface area contributed by atoms with Crippen molar-refractivity contribution in [1.29, 1.82) is 0 Å². The van der Waals surface area contributed by atoms with Crippen LogP contribution in [-0.4, -0.2) is 47.1 Å². The monoisotopic (exact) mass is 233 g/mol. The number of rotatable bonds is 3. The van der Waals surface area contributed by atoms with Crippen LogP contribution in [0.3, 0.4) is 0 Å². The molecule has 2 fully saturated rings. The summed E-state index contributed by atoms with van der Waals surface area (Å²) >= 11 is 0. The standard InChI is InChI=1S/C12H19N5/c1-13-12-14-6-4-11(16-12)15-9-5-8-17-7-2-3-10(9)17/h4,6,9-10H,2-3,5,7-8H2,1H3,(H2,13,14,15,16). The zero-order valence-electron chi connectivity index (χ0n) is 10.2. The van der Waals surface area contributed by atoms with E-state index in [1.54, 1.807) is 6.20 Å². The molecule has 2 N–H and O–H groups in total. The Morgan fingerprint density at radius 3 is 3.18 bits per heavy atom. The van der Waals surface area contributed by atoms with Gasteiger partial charge < -0.3 is 10.6 Å². The van der Waals surface area contributed by atoms with Gasteiger partial charge in [-0.15, -0.1) is 0 Å². The third-order valence-corrected chi connectivity index (χ3v) is 3.82. The van der Waals surface area contributed by atoms with Crippen LogP contribution in [-0.2, 0) is 0 Å². The molecule has 0 saturated carbocycles. The third kappa shape index (κ3) is 2.07. The maximum Gasteiger partial charge on any atom is 0.224 e. The second-order valence-corrected chi connectivity index (χ2v) is 4.80. The van der Waals surface area contributed by atoms with E-state index in [1.165, 1.54) is 32.4 Å². The molecule has 3 heterocycles. The summed E-state index contributed by atoms with van der Waals surface area (Å²) in [5.41, 5.74) is 0. The molecule has 2 unspecified atom stereocenters. The van der Waals surface area contributed by atoms with E-state index in [4.69, 9.17) is 0 Å². The normalized spacial score (nSPS) is 28.1. The van der Waals surface area contributed by atoms with E-state index < -0.39 is 0 Å². The van der Waals surface area contributed by atoms with E-state index in [0.29, 0.717) is 18.0 Å². The Bertz CT molecular complexity index is 394. The molecule has 17 heavy (non-hydrogen) atoms. The van der Waals surface area contributed by atoms with Gasteiger partial charge in [-0.3, -0.25) is 4.90 Å². The molecule has 1 aromatic rings. The lowest BCUT2D eigenvalue weighted by molar-refractivity contribution is 0.318. The number of nitrogens with zero attached hydrogens (tertiary/aromatic N) is 3. The molecule has 3 rings (SSSR count). The molecule has 5 heteroatoms. The van der Waals surface area contributed by atoms with Gasteiger partial charge in [0.15, 0.2) is 0 Å². The molecule has 92 valence electrons. The van der Waals surface area contributed by atoms with E-state index >= 15 is 0 Å². The summed E-state index contributed by atoms with van der Waals surface area (Å²) in [6, 6.07) is 3.21. The van der Waals surface area contributed by atoms with Crippen molar-refractivity contribution in [3.8, 4) is 0 Å². The van der Waals surface area contributed by atoms with Gasteiger partial charge in [-0.1, -0.05) is 0 Å². The van der Waals surface area contributed by atoms with Crippen LogP contribution in [0.15, 0.2) is 12.3 Å². The van der Waals surface area contributed by atoms with Gasteiger partial charge in [-0.2, -0.15) is 4.98 Å². The van der Waals surface area contributed by atoms with Crippen LogP contribution in [0.2, 0.25) is 0 Å². The number of hydrogen-bond donors (Lipinski definition) is 2. The smallest absolute Gasteiger partial charge is 0.224 e. The largest absolute Gasteiger partial charge is 0.366 e. The van der Waals surface area contributed by atoms with Crippen molar-refractivity contribution in [3.63, 3.8) is 0 Å². The Balaban J connectivity index is 1.70. The maximum atomic E-state index is 4.42. The number of hydrogen-bond acceptors (Lipinski definition) is 5. The first-order chi connectivity index (χ1) is 8.36. The van der Waals surface area contributed by atoms with Crippen molar-refractivity contribution in [2.24, 2.45) is 0 Å². The molecule has 5 nitrogen and oxygen atoms in total. The molecule has 0 aromatic carbocycles. The van der Waals surface area contributed by atoms with Gasteiger partial charge in [0.2, 0.25) is 5.95 Å². The van der Waals surface area contributed by atoms with Crippen molar-refractivity contribution in [1.82, 2.24) is 14.9 Å². The third-order valence-electron chi connectivity index (χ3n) is 3.82. The molecule has 0 radical (unpaired) electrons. The Kier molecular flexibility index (Phi) is 2.84. The van der Waals surface area contributed by atoms with E-state index in [9.17, 15) is 0 Å². The first-order valence-electron chi connectivity index (χ1n) is 6.38. The SMILES string of the molecule is CNc1nccc(NC2CCN3CCCC23)n1. The highest BCUT2D eigenvalue weighted by Gasteiger charge is 2.37. The van der Waals surface area contributed by atoms with Crippen molar-refractivity contribution in [3.05, 3.63) is 12.3 Å². The highest BCUT2D eigenvalue weighted by atomic mass is 15.3. The lowest BCUT2D eigenvalue weighted by Gasteiger charge is -2.21. The van der Waals surface area contributed by atoms with Crippen LogP contribution in [0.4, 0.5) is 11.8 Å². The second-order valence-electron chi connectivity index (χ2n) is 4.80. The summed E-state index contributed by atoms with van der Waals surface area (Å²) in [4.78, 5) is 11.1. The van der Waals surface area contributed by atoms with Crippen LogP contribution < -0.4 is 10.6 Å². The predicted octanol–water partition coefficient (Wildman–Crippen LogP) is 1.17. The van der Waals surface area contributed by atoms with Crippen molar-refractivity contribution in [2.75, 3.05) is 30.8 Å². The fraction of sp³-hybridized carbons (Fsp3) is 0.667. The van der Waals surface area contributed by atoms with Crippen molar-refractivity contribution >= 4 is 11.8 Å². The highest BCUT2D eigenvalue weighted by molar-refractivity contribution is 5.40. The molecule has 2 aliphatic heterocycles. The average molecular weight is 233 g/mol. The predicted molar refractivity (Wildman–Crippen MR) is 68.2 cm³/mol. The summed E-state index contributed by atoms with van der Waals surface area (Å²) in [7, 11) is 1.84. The molecule has 2 saturated heterocycles. The van der Waals surface area contributed by atoms with E-state index in [1.807, 2.05) is 13.1 Å². The summed E-state index contributed by atoms with van der Waals surface area (Å²) in [5.74, 6) is 1.61. The second kappa shape index (κ2) is 4.49. The van der Waals surface area contributed by atoms with Crippen molar-refractivity contribution < 1.29 is 0 Å². The van der Waals surface area contributed by atoms with E-state index in [-0.39, 0.29) is 0 Å². The number of anilines is 2. The Morgan fingerprint density at radius 2 is 2.29 bits per heavy atom. The minimum Gasteiger partial charge on any atom is -0.366 e. The number of aromatic nitrogens is 2. The van der Waals surface area contributed by atoms with Crippen LogP contribution in [0.25, 0.3) is 0 Å². The Labute approximate surface area is 102 Å². The molecule has 0 bridgehead atoms. The lowest BCUT2D eigenvalue weighted by Crippen LogP contribution is -2.34. The van der Waals surface area contributed by atoms with Gasteiger partial charge in [0.25, 0.3) is 0 Å². The molecule has 0 amide bonds. The fourth-order valence-electron chi connectivity index (χ4n) is 3.00. The zero-order chi connectivity index (χ0) is 11.7. The van der Waals surface area contributed by atoms with E-state index in [0.717, 1.165) is 5.82 Å². The number of nitrogens with one attached hydrogen (secondary N) is 2. The molecule has 1 aromatic heterocycles. The molecular weight excluding hydrogens is 214 g/mol. The molecule has 2 aliphatic rings. The van der Waals surface area contributed by atoms with Crippen molar-refractivity contribution in [2.45, 2.75) is 31.3 Å². The molecular formula is C12H19N5. The summed E-state index contributed by atoms with van der Waals surface area (Å²) in [6.45, 7) is 2.50. The average Bonchev–Trinajstić information content (AvgIpc) is 2.94. The quantitative estimate of drug-likeness (QED) is 0.820. The van der Waals surface area contributed by atoms with Gasteiger partial charge in [0.1, 0.15) is 5.82 Å². The summed E-state index contributed by atoms with van der Waals surface area (Å²) in [5, 5.41) is 6.52. The minimum absolute atomic E-state index is 0.553. The van der Waals surface area contributed by atoms with Gasteiger partial charge in [-0.25, -0.2) is 4.98 Å². The Morgan fingerprint density at radius 1 is 1.35 bits per heavy atom. The van der Waals surface area contributed by atoms with Crippen LogP contribution in [0, 0.1) is 0 Å². The molecule has 0 aliphatic carbocycles. The van der Waals surface area contributed by atoms with E-state index in [2.05, 4.69) is 25.5 Å². The first-order valence-corrected chi connectivity index (χ1v) is 6.38. The van der Waals surface area contributed by atoms with Gasteiger partial charge >= 0.3 is 0 Å². The van der Waals surface area contributed by atoms with Crippen LogP contribution >= 0.6 is 0 Å². The summed E-state index contributed by atoms with van der Waals surface area (Å²) < 4.78 is 0. The highest BCUT2D eigenvalue weighted by Crippen LogP contribution is 2.29. The van der Waals surface area contributed by atoms with Crippen LogP contribution in [0.1, 0.15) is 19.3 Å². The number of fused-ring (bicyclic) bond motifs is 1. The van der Waals surface area contributed by atoms with Gasteiger partial charge in [-0.05, 0) is 31.9 Å². The molecule has 0 spiro atoms. The first kappa shape index (κ1) is 10.8. The van der Waals surface area contributed by atoms with Gasteiger partial charge in [0, 0.05) is 31.9 Å². The fourth-order valence-corrected chi connectivity index (χ4v) is 3.00. The lowest BCUT2D eigenvalue weighted by atomic mass is 10.1. The van der Waals surface area contributed by atoms with Gasteiger partial charge in [0.05, 0.1) is 0 Å². The Hall–Kier alpha value is -1.36. The minimum atomic E-state index is 0.553. The summed E-state index contributed by atoms with van der Waals surface area (Å²) in [6.07, 6.45) is 5.68. The zero-order valence-corrected chi connectivity index (χ0v) is 10.2. The molecule has 2 atom stereocenters. The van der Waals surface area contributed by atoms with Crippen LogP contribution in [0.5, 0.6) is 0 Å². The maximum absolute atomic E-state index is 4.42. The topological polar surface area (TPSA) is 53.1 Å².